The Morgan fingerprint density at radius 2 is 2.12 bits per heavy atom. The molecule has 1 aliphatic rings. The van der Waals surface area contributed by atoms with E-state index in [4.69, 9.17) is 12.2 Å². The molecule has 0 radical (unpaired) electrons. The van der Waals surface area contributed by atoms with Crippen LogP contribution in [0.15, 0.2) is 22.3 Å². The first-order chi connectivity index (χ1) is 7.97. The lowest BCUT2D eigenvalue weighted by molar-refractivity contribution is -0.115. The van der Waals surface area contributed by atoms with Crippen LogP contribution in [-0.4, -0.2) is 16.1 Å². The normalized spacial score (nSPS) is 17.2. The summed E-state index contributed by atoms with van der Waals surface area (Å²) in [5.41, 5.74) is 1.19. The molecule has 88 valence electrons. The van der Waals surface area contributed by atoms with Crippen molar-refractivity contribution >= 4 is 67.8 Å². The summed E-state index contributed by atoms with van der Waals surface area (Å²) in [7, 11) is 0. The highest BCUT2D eigenvalue weighted by Gasteiger charge is 2.20. The van der Waals surface area contributed by atoms with Gasteiger partial charge in [0.15, 0.2) is 5.11 Å². The SMILES string of the molecule is O=C1NC(=S)NC1=Cc1cc(Br)c(O)c(I)c1. The van der Waals surface area contributed by atoms with Gasteiger partial charge in [0.05, 0.1) is 8.04 Å². The molecule has 1 aromatic rings. The van der Waals surface area contributed by atoms with E-state index in [1.165, 1.54) is 0 Å². The van der Waals surface area contributed by atoms with Gasteiger partial charge in [0.25, 0.3) is 5.91 Å². The lowest BCUT2D eigenvalue weighted by Gasteiger charge is -2.03. The molecular weight excluding hydrogens is 419 g/mol. The number of carbonyl (C=O) groups is 1. The second kappa shape index (κ2) is 4.91. The molecule has 4 nitrogen and oxygen atoms in total. The fourth-order valence-corrected chi connectivity index (χ4v) is 3.02. The van der Waals surface area contributed by atoms with E-state index in [-0.39, 0.29) is 11.7 Å². The highest BCUT2D eigenvalue weighted by Crippen LogP contribution is 2.31. The highest BCUT2D eigenvalue weighted by atomic mass is 127. The Kier molecular flexibility index (Phi) is 3.69. The number of phenols is 1. The van der Waals surface area contributed by atoms with Crippen molar-refractivity contribution in [2.75, 3.05) is 0 Å². The Bertz CT molecular complexity index is 536. The first-order valence-corrected chi connectivity index (χ1v) is 6.77. The number of nitrogens with one attached hydrogen (secondary N) is 2. The predicted octanol–water partition coefficient (Wildman–Crippen LogP) is 2.10. The molecule has 1 aliphatic heterocycles. The second-order valence-corrected chi connectivity index (χ2v) is 5.72. The van der Waals surface area contributed by atoms with E-state index in [1.807, 2.05) is 22.6 Å². The van der Waals surface area contributed by atoms with Crippen molar-refractivity contribution in [3.05, 3.63) is 31.4 Å². The summed E-state index contributed by atoms with van der Waals surface area (Å²) in [5.74, 6) is -0.0682. The second-order valence-electron chi connectivity index (χ2n) is 3.30. The number of hydrogen-bond donors (Lipinski definition) is 3. The predicted molar refractivity (Wildman–Crippen MR) is 80.4 cm³/mol. The van der Waals surface area contributed by atoms with Crippen LogP contribution < -0.4 is 10.6 Å². The first-order valence-electron chi connectivity index (χ1n) is 4.49. The number of carbonyl (C=O) groups excluding carboxylic acids is 1. The zero-order valence-electron chi connectivity index (χ0n) is 8.25. The van der Waals surface area contributed by atoms with Crippen molar-refractivity contribution < 1.29 is 9.90 Å². The number of phenolic OH excluding ortho intramolecular Hbond substituents is 1. The van der Waals surface area contributed by atoms with Gasteiger partial charge in [-0.2, -0.15) is 0 Å². The molecule has 3 N–H and O–H groups in total. The minimum Gasteiger partial charge on any atom is -0.506 e. The third-order valence-corrected chi connectivity index (χ3v) is 3.70. The van der Waals surface area contributed by atoms with Gasteiger partial charge in [-0.3, -0.25) is 10.1 Å². The van der Waals surface area contributed by atoms with Gasteiger partial charge in [-0.15, -0.1) is 0 Å². The van der Waals surface area contributed by atoms with Crippen LogP contribution in [0.1, 0.15) is 5.56 Å². The molecule has 7 heteroatoms. The minimum atomic E-state index is -0.255. The van der Waals surface area contributed by atoms with Crippen LogP contribution >= 0.6 is 50.7 Å². The van der Waals surface area contributed by atoms with Crippen LogP contribution in [0.2, 0.25) is 0 Å². The van der Waals surface area contributed by atoms with E-state index >= 15 is 0 Å². The van der Waals surface area contributed by atoms with Crippen LogP contribution in [0, 0.1) is 3.57 Å². The first kappa shape index (κ1) is 12.8. The van der Waals surface area contributed by atoms with E-state index in [2.05, 4.69) is 26.6 Å². The maximum Gasteiger partial charge on any atom is 0.273 e. The Morgan fingerprint density at radius 3 is 2.65 bits per heavy atom. The van der Waals surface area contributed by atoms with E-state index in [9.17, 15) is 9.90 Å². The van der Waals surface area contributed by atoms with Gasteiger partial charge in [0.1, 0.15) is 11.4 Å². The van der Waals surface area contributed by atoms with Crippen LogP contribution in [0.25, 0.3) is 6.08 Å². The summed E-state index contributed by atoms with van der Waals surface area (Å²) < 4.78 is 1.28. The summed E-state index contributed by atoms with van der Waals surface area (Å²) in [6, 6.07) is 3.49. The van der Waals surface area contributed by atoms with Crippen LogP contribution in [0.5, 0.6) is 5.75 Å². The molecule has 0 saturated carbocycles. The Balaban J connectivity index is 2.40. The Hall–Kier alpha value is -0.670. The van der Waals surface area contributed by atoms with Gasteiger partial charge in [0.2, 0.25) is 0 Å². The summed E-state index contributed by atoms with van der Waals surface area (Å²) >= 11 is 10.1. The van der Waals surface area contributed by atoms with Gasteiger partial charge in [-0.1, -0.05) is 0 Å². The van der Waals surface area contributed by atoms with Gasteiger partial charge in [-0.05, 0) is 74.5 Å². The van der Waals surface area contributed by atoms with Crippen LogP contribution in [-0.2, 0) is 4.79 Å². The average molecular weight is 425 g/mol. The zero-order chi connectivity index (χ0) is 12.6. The third kappa shape index (κ3) is 2.78. The molecule has 2 rings (SSSR count). The number of halogens is 2. The fourth-order valence-electron chi connectivity index (χ4n) is 1.32. The summed E-state index contributed by atoms with van der Waals surface area (Å²) in [4.78, 5) is 11.4. The quantitative estimate of drug-likeness (QED) is 0.367. The molecule has 0 spiro atoms. The molecule has 1 saturated heterocycles. The van der Waals surface area contributed by atoms with Crippen molar-refractivity contribution in [2.45, 2.75) is 0 Å². The number of thiocarbonyl (C=S) groups is 1. The average Bonchev–Trinajstić information content (AvgIpc) is 2.54. The van der Waals surface area contributed by atoms with Gasteiger partial charge < -0.3 is 10.4 Å². The smallest absolute Gasteiger partial charge is 0.273 e. The van der Waals surface area contributed by atoms with Gasteiger partial charge in [0, 0.05) is 0 Å². The van der Waals surface area contributed by atoms with Gasteiger partial charge in [-0.25, -0.2) is 0 Å². The molecule has 1 aromatic carbocycles. The van der Waals surface area contributed by atoms with E-state index in [0.717, 1.165) is 5.56 Å². The number of benzene rings is 1. The molecular formula is C10H6BrIN2O2S. The maximum atomic E-state index is 11.4. The molecule has 1 amide bonds. The highest BCUT2D eigenvalue weighted by molar-refractivity contribution is 14.1. The van der Waals surface area contributed by atoms with Crippen LogP contribution in [0.4, 0.5) is 0 Å². The van der Waals surface area contributed by atoms with Crippen molar-refractivity contribution in [2.24, 2.45) is 0 Å². The zero-order valence-corrected chi connectivity index (χ0v) is 12.8. The molecule has 0 unspecified atom stereocenters. The molecule has 0 atom stereocenters. The molecule has 17 heavy (non-hydrogen) atoms. The van der Waals surface area contributed by atoms with Crippen LogP contribution in [0.3, 0.4) is 0 Å². The molecule has 1 heterocycles. The maximum absolute atomic E-state index is 11.4. The largest absolute Gasteiger partial charge is 0.506 e. The van der Waals surface area contributed by atoms with E-state index in [1.54, 1.807) is 18.2 Å². The third-order valence-electron chi connectivity index (χ3n) is 2.07. The van der Waals surface area contributed by atoms with E-state index in [0.29, 0.717) is 18.9 Å². The van der Waals surface area contributed by atoms with E-state index < -0.39 is 0 Å². The number of amides is 1. The topological polar surface area (TPSA) is 61.4 Å². The van der Waals surface area contributed by atoms with Crippen molar-refractivity contribution in [3.8, 4) is 5.75 Å². The molecule has 0 bridgehead atoms. The van der Waals surface area contributed by atoms with Gasteiger partial charge >= 0.3 is 0 Å². The molecule has 0 aromatic heterocycles. The standard InChI is InChI=1S/C10H6BrIN2O2S/c11-5-1-4(2-6(12)8(5)15)3-7-9(16)14-10(17)13-7/h1-3,15H,(H2,13,14,16,17). The number of aromatic hydroxyl groups is 1. The Labute approximate surface area is 125 Å². The summed E-state index contributed by atoms with van der Waals surface area (Å²) in [6.45, 7) is 0. The van der Waals surface area contributed by atoms with Crippen molar-refractivity contribution in [3.63, 3.8) is 0 Å². The monoisotopic (exact) mass is 424 g/mol. The lowest BCUT2D eigenvalue weighted by Crippen LogP contribution is -2.21. The van der Waals surface area contributed by atoms with Crippen molar-refractivity contribution in [1.29, 1.82) is 0 Å². The van der Waals surface area contributed by atoms with Crippen molar-refractivity contribution in [1.82, 2.24) is 10.6 Å². The Morgan fingerprint density at radius 1 is 1.41 bits per heavy atom. The lowest BCUT2D eigenvalue weighted by atomic mass is 10.2. The fraction of sp³-hybridized carbons (Fsp3) is 0. The number of hydrogen-bond acceptors (Lipinski definition) is 3. The summed E-state index contributed by atoms with van der Waals surface area (Å²) in [6.07, 6.45) is 1.67. The molecule has 0 aliphatic carbocycles. The number of rotatable bonds is 1. The minimum absolute atomic E-state index is 0.187. The summed E-state index contributed by atoms with van der Waals surface area (Å²) in [5, 5.41) is 15.1. The molecule has 1 fully saturated rings.